The molecule has 6 atom stereocenters. The number of aromatic hydroxyl groups is 1. The van der Waals surface area contributed by atoms with Gasteiger partial charge in [0, 0.05) is 23.4 Å². The number of nitrogens with one attached hydrogen (secondary N) is 1. The molecule has 9 N–H and O–H groups in total. The quantitative estimate of drug-likeness (QED) is 0.175. The first-order valence-corrected chi connectivity index (χ1v) is 15.9. The van der Waals surface area contributed by atoms with Crippen LogP contribution in [-0.4, -0.2) is 95.8 Å². The van der Waals surface area contributed by atoms with E-state index >= 15 is 0 Å². The number of carboxylic acid groups (broad SMARTS) is 1. The predicted molar refractivity (Wildman–Crippen MR) is 181 cm³/mol. The number of Topliss-reactive ketones (excluding diaryl/α,β-unsaturated/α-hetero) is 2. The second-order valence-electron chi connectivity index (χ2n) is 13.1. The zero-order chi connectivity index (χ0) is 39.5. The third-order valence-corrected chi connectivity index (χ3v) is 9.92. The van der Waals surface area contributed by atoms with Crippen LogP contribution in [0.15, 0.2) is 71.6 Å². The minimum Gasteiger partial charge on any atom is -0.508 e. The summed E-state index contributed by atoms with van der Waals surface area (Å²) in [6, 6.07) is 9.55. The number of alkyl halides is 3. The fraction of sp³-hybridized carbons (Fsp3) is 0.306. The minimum atomic E-state index is -4.47. The smallest absolute Gasteiger partial charge is 0.416 e. The number of fused-ring (bicyclic) bond motifs is 3. The number of aromatic nitrogens is 1. The Bertz CT molecular complexity index is 2110. The number of amides is 1. The van der Waals surface area contributed by atoms with Gasteiger partial charge in [-0.05, 0) is 68.4 Å². The molecule has 1 saturated carbocycles. The summed E-state index contributed by atoms with van der Waals surface area (Å²) in [5.41, 5.74) is 0.712. The van der Waals surface area contributed by atoms with E-state index in [1.165, 1.54) is 62.4 Å². The molecule has 2 aromatic carbocycles. The van der Waals surface area contributed by atoms with Crippen LogP contribution in [0.4, 0.5) is 24.7 Å². The van der Waals surface area contributed by atoms with Gasteiger partial charge in [0.05, 0.1) is 29.2 Å². The Morgan fingerprint density at radius 1 is 1.02 bits per heavy atom. The van der Waals surface area contributed by atoms with Crippen molar-refractivity contribution in [2.45, 2.75) is 43.7 Å². The minimum absolute atomic E-state index is 0.00701. The topological polar surface area (TPSA) is 244 Å². The molecule has 0 unspecified atom stereocenters. The van der Waals surface area contributed by atoms with Crippen molar-refractivity contribution in [3.8, 4) is 5.75 Å². The van der Waals surface area contributed by atoms with Crippen molar-refractivity contribution in [1.82, 2.24) is 9.88 Å². The van der Waals surface area contributed by atoms with Gasteiger partial charge in [-0.1, -0.05) is 25.1 Å². The number of nitrogens with zero attached hydrogens (tertiary/aromatic N) is 2. The number of carbonyl (C=O) groups is 4. The molecule has 1 fully saturated rings. The number of phenols is 1. The molecule has 0 aliphatic heterocycles. The maximum Gasteiger partial charge on any atom is 0.416 e. The van der Waals surface area contributed by atoms with Crippen molar-refractivity contribution >= 4 is 40.7 Å². The average molecular weight is 741 g/mol. The molecular formula is C36H35F3N4O10. The molecule has 0 radical (unpaired) electrons. The van der Waals surface area contributed by atoms with Gasteiger partial charge in [0.1, 0.15) is 34.2 Å². The van der Waals surface area contributed by atoms with Crippen LogP contribution >= 0.6 is 0 Å². The molecule has 0 saturated heterocycles. The number of carbonyl (C=O) groups excluding carboxylic acids is 3. The Morgan fingerprint density at radius 3 is 2.25 bits per heavy atom. The summed E-state index contributed by atoms with van der Waals surface area (Å²) < 4.78 is 38.5. The predicted octanol–water partition coefficient (Wildman–Crippen LogP) is 3.35. The number of hydrogen-bond acceptors (Lipinski definition) is 12. The Morgan fingerprint density at radius 2 is 1.66 bits per heavy atom. The lowest BCUT2D eigenvalue weighted by Crippen LogP contribution is -2.70. The summed E-state index contributed by atoms with van der Waals surface area (Å²) >= 11 is 0. The summed E-state index contributed by atoms with van der Waals surface area (Å²) in [5, 5.41) is 66.6. The van der Waals surface area contributed by atoms with Gasteiger partial charge in [-0.3, -0.25) is 19.3 Å². The van der Waals surface area contributed by atoms with Crippen LogP contribution in [0.3, 0.4) is 0 Å². The third-order valence-electron chi connectivity index (χ3n) is 9.92. The number of halogens is 3. The number of hydrogen-bond donors (Lipinski definition) is 8. The summed E-state index contributed by atoms with van der Waals surface area (Å²) in [6.07, 6.45) is -4.70. The summed E-state index contributed by atoms with van der Waals surface area (Å²) in [5.74, 6) is -10.1. The number of ketones is 2. The van der Waals surface area contributed by atoms with Gasteiger partial charge in [-0.15, -0.1) is 0 Å². The second-order valence-corrected chi connectivity index (χ2v) is 13.1. The molecule has 14 nitrogen and oxygen atoms in total. The number of aliphatic hydroxyl groups excluding tert-OH is 3. The van der Waals surface area contributed by atoms with E-state index in [0.717, 1.165) is 6.07 Å². The maximum atomic E-state index is 13.7. The van der Waals surface area contributed by atoms with E-state index in [-0.39, 0.29) is 33.9 Å². The van der Waals surface area contributed by atoms with Crippen LogP contribution < -0.4 is 11.1 Å². The van der Waals surface area contributed by atoms with E-state index in [4.69, 9.17) is 10.8 Å². The number of benzene rings is 2. The van der Waals surface area contributed by atoms with Crippen LogP contribution in [0.25, 0.3) is 5.76 Å². The molecule has 0 spiro atoms. The molecule has 3 aliphatic rings. The number of aliphatic hydroxyl groups is 4. The summed E-state index contributed by atoms with van der Waals surface area (Å²) in [6.45, 7) is 2.99. The van der Waals surface area contributed by atoms with Crippen LogP contribution in [0.2, 0.25) is 0 Å². The van der Waals surface area contributed by atoms with Crippen LogP contribution in [0.5, 0.6) is 5.75 Å². The fourth-order valence-electron chi connectivity index (χ4n) is 7.46. The van der Waals surface area contributed by atoms with Crippen molar-refractivity contribution in [2.75, 3.05) is 19.4 Å². The second kappa shape index (κ2) is 13.6. The summed E-state index contributed by atoms with van der Waals surface area (Å²) in [4.78, 5) is 54.9. The standard InChI is InChI=1S/C22H24N2O8.C14H11F3N2O2/c1-7-8-5-4-6-9(25)11(8)16(26)12-10(7)17(27)14-15(24(2)3)18(28)13(21(23)31)20(30)22(14,32)19(12)29;1-8-10(14(15,16)17)5-2-6-11(8)19-12-9(13(20)21)4-3-7-18-12/h4-7,10,14-15,17,25-27,30,32H,1-3H3,(H2,23,31);2-7H,1H3,(H,18,19)(H,20,21)/t7-,10+,14+,15-,17-,22-;/m0./s1. The number of likely N-dealkylation sites (N-methyl/N-ethyl adjacent to an activating group) is 1. The van der Waals surface area contributed by atoms with Gasteiger partial charge < -0.3 is 41.7 Å². The van der Waals surface area contributed by atoms with Gasteiger partial charge >= 0.3 is 12.1 Å². The van der Waals surface area contributed by atoms with E-state index in [1.807, 2.05) is 0 Å². The molecule has 1 heterocycles. The van der Waals surface area contributed by atoms with Gasteiger partial charge in [-0.25, -0.2) is 9.78 Å². The van der Waals surface area contributed by atoms with Gasteiger partial charge in [0.25, 0.3) is 5.91 Å². The molecule has 280 valence electrons. The Labute approximate surface area is 299 Å². The first kappa shape index (κ1) is 38.5. The highest BCUT2D eigenvalue weighted by Gasteiger charge is 2.68. The van der Waals surface area contributed by atoms with E-state index in [1.54, 1.807) is 19.1 Å². The van der Waals surface area contributed by atoms with Crippen LogP contribution in [-0.2, 0) is 20.6 Å². The van der Waals surface area contributed by atoms with Crippen molar-refractivity contribution in [3.63, 3.8) is 0 Å². The lowest BCUT2D eigenvalue weighted by Gasteiger charge is -2.53. The molecular weight excluding hydrogens is 705 g/mol. The Kier molecular flexibility index (Phi) is 9.90. The molecule has 53 heavy (non-hydrogen) atoms. The normalized spacial score (nSPS) is 25.2. The number of nitrogens with two attached hydrogens (primary N) is 1. The average Bonchev–Trinajstić information content (AvgIpc) is 3.07. The molecule has 17 heteroatoms. The zero-order valence-electron chi connectivity index (χ0n) is 28.5. The fourth-order valence-corrected chi connectivity index (χ4v) is 7.46. The largest absolute Gasteiger partial charge is 0.508 e. The number of pyridine rings is 1. The lowest BCUT2D eigenvalue weighted by atomic mass is 9.54. The number of carboxylic acids is 1. The lowest BCUT2D eigenvalue weighted by molar-refractivity contribution is -0.169. The highest BCUT2D eigenvalue weighted by Crippen LogP contribution is 2.56. The highest BCUT2D eigenvalue weighted by molar-refractivity contribution is 6.24. The molecule has 3 aromatic rings. The SMILES string of the molecule is C[C@H]1c2cccc(O)c2C(O)=C2C(=O)[C@]3(O)C(O)=C(C(N)=O)C(=O)[C@@H](N(C)C)[C@@H]3[C@@H](O)[C@@H]21.Cc1c(Nc2ncccc2C(=O)O)cccc1C(F)(F)F. The number of phenolic OH excluding ortho intramolecular Hbond substituents is 1. The first-order valence-electron chi connectivity index (χ1n) is 15.9. The number of primary amides is 1. The van der Waals surface area contributed by atoms with Gasteiger partial charge in [0.15, 0.2) is 11.4 Å². The Balaban J connectivity index is 0.000000224. The highest BCUT2D eigenvalue weighted by atomic mass is 19.4. The summed E-state index contributed by atoms with van der Waals surface area (Å²) in [7, 11) is 2.92. The maximum absolute atomic E-state index is 13.7. The number of anilines is 2. The number of aromatic carboxylic acids is 1. The van der Waals surface area contributed by atoms with Crippen molar-refractivity contribution in [1.29, 1.82) is 0 Å². The monoisotopic (exact) mass is 740 g/mol. The number of rotatable bonds is 5. The first-order chi connectivity index (χ1) is 24.7. The van der Waals surface area contributed by atoms with Crippen molar-refractivity contribution < 1.29 is 63.0 Å². The Hall–Kier alpha value is -5.78. The van der Waals surface area contributed by atoms with Crippen LogP contribution in [0.1, 0.15) is 45.5 Å². The molecule has 1 aromatic heterocycles. The van der Waals surface area contributed by atoms with Crippen molar-refractivity contribution in [2.24, 2.45) is 17.6 Å². The third kappa shape index (κ3) is 6.15. The molecule has 0 bridgehead atoms. The van der Waals surface area contributed by atoms with Gasteiger partial charge in [-0.2, -0.15) is 13.2 Å². The van der Waals surface area contributed by atoms with E-state index < -0.39 is 93.3 Å². The zero-order valence-corrected chi connectivity index (χ0v) is 28.5. The van der Waals surface area contributed by atoms with E-state index in [0.29, 0.717) is 5.56 Å². The van der Waals surface area contributed by atoms with Crippen LogP contribution in [0, 0.1) is 18.8 Å². The molecule has 1 amide bonds. The van der Waals surface area contributed by atoms with E-state index in [2.05, 4.69) is 10.3 Å². The van der Waals surface area contributed by atoms with E-state index in [9.17, 15) is 57.9 Å². The molecule has 3 aliphatic carbocycles. The molecule has 6 rings (SSSR count). The van der Waals surface area contributed by atoms with Gasteiger partial charge in [0.2, 0.25) is 5.78 Å². The van der Waals surface area contributed by atoms with Crippen molar-refractivity contribution in [3.05, 3.63) is 99.5 Å².